The third kappa shape index (κ3) is 3.39. The van der Waals surface area contributed by atoms with Crippen LogP contribution in [-0.2, 0) is 11.3 Å². The molecule has 1 heterocycles. The summed E-state index contributed by atoms with van der Waals surface area (Å²) in [5, 5.41) is 0.635. The molecule has 0 atom stereocenters. The number of halogens is 1. The van der Waals surface area contributed by atoms with Crippen LogP contribution >= 0.6 is 11.5 Å². The summed E-state index contributed by atoms with van der Waals surface area (Å²) >= 11 is 1.21. The van der Waals surface area contributed by atoms with E-state index in [0.29, 0.717) is 10.6 Å². The fourth-order valence-corrected chi connectivity index (χ4v) is 2.28. The lowest BCUT2D eigenvalue weighted by Crippen LogP contribution is -2.07. The Kier molecular flexibility index (Phi) is 4.44. The zero-order chi connectivity index (χ0) is 14.7. The van der Waals surface area contributed by atoms with Gasteiger partial charge in [-0.2, -0.15) is 4.37 Å². The molecule has 4 nitrogen and oxygen atoms in total. The van der Waals surface area contributed by atoms with Crippen LogP contribution < -0.4 is 0 Å². The number of hydrogen-bond donors (Lipinski definition) is 0. The Morgan fingerprint density at radius 3 is 2.85 bits per heavy atom. The van der Waals surface area contributed by atoms with E-state index in [0.717, 1.165) is 5.82 Å². The zero-order valence-electron chi connectivity index (χ0n) is 11.5. The van der Waals surface area contributed by atoms with Crippen LogP contribution in [0, 0.1) is 12.7 Å². The number of carbonyl (C=O) groups is 1. The summed E-state index contributed by atoms with van der Waals surface area (Å²) in [5.74, 6) is -0.0343. The molecule has 0 N–H and O–H groups in total. The van der Waals surface area contributed by atoms with Crippen LogP contribution in [-0.4, -0.2) is 15.3 Å². The monoisotopic (exact) mass is 294 g/mol. The van der Waals surface area contributed by atoms with Gasteiger partial charge in [0.05, 0.1) is 5.56 Å². The van der Waals surface area contributed by atoms with Crippen molar-refractivity contribution in [3.05, 3.63) is 46.0 Å². The topological polar surface area (TPSA) is 52.1 Å². The average molecular weight is 294 g/mol. The highest BCUT2D eigenvalue weighted by molar-refractivity contribution is 7.05. The second-order valence-corrected chi connectivity index (χ2v) is 5.57. The smallest absolute Gasteiger partial charge is 0.338 e. The first-order valence-corrected chi connectivity index (χ1v) is 7.00. The maximum absolute atomic E-state index is 13.1. The number of carbonyl (C=O) groups excluding carboxylic acids is 1. The Bertz CT molecular complexity index is 625. The molecule has 106 valence electrons. The number of aryl methyl sites for hydroxylation is 1. The minimum atomic E-state index is -0.553. The van der Waals surface area contributed by atoms with Crippen molar-refractivity contribution in [2.75, 3.05) is 0 Å². The predicted molar refractivity (Wildman–Crippen MR) is 74.3 cm³/mol. The summed E-state index contributed by atoms with van der Waals surface area (Å²) < 4.78 is 22.5. The summed E-state index contributed by atoms with van der Waals surface area (Å²) in [4.78, 5) is 16.2. The molecule has 0 unspecified atom stereocenters. The molecule has 0 saturated carbocycles. The van der Waals surface area contributed by atoms with Gasteiger partial charge in [-0.15, -0.1) is 0 Å². The van der Waals surface area contributed by atoms with E-state index in [1.807, 2.05) is 13.8 Å². The number of benzene rings is 1. The van der Waals surface area contributed by atoms with Crippen LogP contribution in [0.2, 0.25) is 0 Å². The normalized spacial score (nSPS) is 10.8. The Morgan fingerprint density at radius 1 is 1.45 bits per heavy atom. The minimum Gasteiger partial charge on any atom is -0.455 e. The van der Waals surface area contributed by atoms with Gasteiger partial charge >= 0.3 is 5.97 Å². The Labute approximate surface area is 120 Å². The molecule has 2 rings (SSSR count). The molecular formula is C14H15FN2O2S. The first kappa shape index (κ1) is 14.6. The lowest BCUT2D eigenvalue weighted by Gasteiger charge is -2.05. The largest absolute Gasteiger partial charge is 0.455 e. The maximum Gasteiger partial charge on any atom is 0.338 e. The van der Waals surface area contributed by atoms with E-state index in [-0.39, 0.29) is 18.1 Å². The van der Waals surface area contributed by atoms with Gasteiger partial charge in [-0.05, 0) is 36.2 Å². The van der Waals surface area contributed by atoms with E-state index < -0.39 is 11.8 Å². The highest BCUT2D eigenvalue weighted by Gasteiger charge is 2.14. The average Bonchev–Trinajstić information content (AvgIpc) is 2.88. The number of hydrogen-bond acceptors (Lipinski definition) is 5. The van der Waals surface area contributed by atoms with Crippen molar-refractivity contribution < 1.29 is 13.9 Å². The van der Waals surface area contributed by atoms with Crippen molar-refractivity contribution in [1.29, 1.82) is 0 Å². The van der Waals surface area contributed by atoms with Gasteiger partial charge in [-0.3, -0.25) is 0 Å². The molecule has 0 aliphatic carbocycles. The zero-order valence-corrected chi connectivity index (χ0v) is 12.3. The Balaban J connectivity index is 2.02. The summed E-state index contributed by atoms with van der Waals surface area (Å²) in [5.41, 5.74) is 0.912. The van der Waals surface area contributed by atoms with Gasteiger partial charge in [0.25, 0.3) is 0 Å². The van der Waals surface area contributed by atoms with Crippen molar-refractivity contribution in [3.63, 3.8) is 0 Å². The molecule has 0 radical (unpaired) electrons. The molecule has 0 bridgehead atoms. The van der Waals surface area contributed by atoms with Gasteiger partial charge in [0.15, 0.2) is 5.01 Å². The number of aromatic nitrogens is 2. The van der Waals surface area contributed by atoms with Crippen LogP contribution in [0.5, 0.6) is 0 Å². The summed E-state index contributed by atoms with van der Waals surface area (Å²) in [6, 6.07) is 4.04. The van der Waals surface area contributed by atoms with E-state index in [2.05, 4.69) is 9.36 Å². The van der Waals surface area contributed by atoms with Crippen LogP contribution in [0.1, 0.15) is 46.5 Å². The number of rotatable bonds is 4. The minimum absolute atomic E-state index is 0.0547. The van der Waals surface area contributed by atoms with E-state index in [1.165, 1.54) is 23.7 Å². The van der Waals surface area contributed by atoms with Crippen LogP contribution in [0.15, 0.2) is 18.2 Å². The highest BCUT2D eigenvalue weighted by Crippen LogP contribution is 2.16. The van der Waals surface area contributed by atoms with Gasteiger partial charge < -0.3 is 4.74 Å². The van der Waals surface area contributed by atoms with Crippen LogP contribution in [0.25, 0.3) is 0 Å². The summed E-state index contributed by atoms with van der Waals surface area (Å²) in [6.45, 7) is 5.78. The first-order valence-electron chi connectivity index (χ1n) is 6.23. The molecule has 2 aromatic rings. The molecule has 1 aromatic carbocycles. The standard InChI is InChI=1S/C14H15FN2O2S/c1-8(2)13-16-12(20-17-13)7-19-14(18)11-6-10(15)5-4-9(11)3/h4-6,8H,7H2,1-3H3. The molecule has 0 amide bonds. The molecular weight excluding hydrogens is 279 g/mol. The molecule has 1 aromatic heterocycles. The van der Waals surface area contributed by atoms with Crippen LogP contribution in [0.3, 0.4) is 0 Å². The van der Waals surface area contributed by atoms with Crippen molar-refractivity contribution in [3.8, 4) is 0 Å². The molecule has 0 aliphatic rings. The van der Waals surface area contributed by atoms with Gasteiger partial charge in [-0.25, -0.2) is 14.2 Å². The molecule has 0 saturated heterocycles. The van der Waals surface area contributed by atoms with E-state index in [1.54, 1.807) is 13.0 Å². The lowest BCUT2D eigenvalue weighted by molar-refractivity contribution is 0.0471. The van der Waals surface area contributed by atoms with E-state index in [4.69, 9.17) is 4.74 Å². The summed E-state index contributed by atoms with van der Waals surface area (Å²) in [7, 11) is 0. The summed E-state index contributed by atoms with van der Waals surface area (Å²) in [6.07, 6.45) is 0. The second kappa shape index (κ2) is 6.09. The van der Waals surface area contributed by atoms with Crippen molar-refractivity contribution >= 4 is 17.5 Å². The number of ether oxygens (including phenoxy) is 1. The van der Waals surface area contributed by atoms with Gasteiger partial charge in [0.1, 0.15) is 18.2 Å². The molecule has 6 heteroatoms. The van der Waals surface area contributed by atoms with Gasteiger partial charge in [-0.1, -0.05) is 19.9 Å². The predicted octanol–water partition coefficient (Wildman–Crippen LogP) is 3.47. The van der Waals surface area contributed by atoms with Crippen molar-refractivity contribution in [2.45, 2.75) is 33.3 Å². The second-order valence-electron chi connectivity index (χ2n) is 4.74. The van der Waals surface area contributed by atoms with E-state index >= 15 is 0 Å². The number of nitrogens with zero attached hydrogens (tertiary/aromatic N) is 2. The lowest BCUT2D eigenvalue weighted by atomic mass is 10.1. The van der Waals surface area contributed by atoms with Gasteiger partial charge in [0.2, 0.25) is 0 Å². The molecule has 0 aliphatic heterocycles. The van der Waals surface area contributed by atoms with Crippen LogP contribution in [0.4, 0.5) is 4.39 Å². The maximum atomic E-state index is 13.1. The fourth-order valence-electron chi connectivity index (χ4n) is 1.58. The SMILES string of the molecule is Cc1ccc(F)cc1C(=O)OCc1nc(C(C)C)ns1. The third-order valence-electron chi connectivity index (χ3n) is 2.75. The fraction of sp³-hybridized carbons (Fsp3) is 0.357. The Morgan fingerprint density at radius 2 is 2.20 bits per heavy atom. The van der Waals surface area contributed by atoms with Gasteiger partial charge in [0, 0.05) is 5.92 Å². The third-order valence-corrected chi connectivity index (χ3v) is 3.44. The molecule has 20 heavy (non-hydrogen) atoms. The highest BCUT2D eigenvalue weighted by atomic mass is 32.1. The quantitative estimate of drug-likeness (QED) is 0.810. The van der Waals surface area contributed by atoms with Crippen molar-refractivity contribution in [2.24, 2.45) is 0 Å². The number of esters is 1. The molecule has 0 spiro atoms. The Hall–Kier alpha value is -1.82. The molecule has 0 fully saturated rings. The van der Waals surface area contributed by atoms with Crippen molar-refractivity contribution in [1.82, 2.24) is 9.36 Å². The van der Waals surface area contributed by atoms with E-state index in [9.17, 15) is 9.18 Å². The first-order chi connectivity index (χ1) is 9.47.